The van der Waals surface area contributed by atoms with Gasteiger partial charge in [0.15, 0.2) is 0 Å². The van der Waals surface area contributed by atoms with Gasteiger partial charge in [-0.3, -0.25) is 9.59 Å². The zero-order valence-corrected chi connectivity index (χ0v) is 13.5. The Hall–Kier alpha value is -2.30. The Morgan fingerprint density at radius 1 is 1.35 bits per heavy atom. The van der Waals surface area contributed by atoms with Crippen molar-refractivity contribution in [2.75, 3.05) is 6.54 Å². The number of hydrogen-bond donors (Lipinski definition) is 1. The van der Waals surface area contributed by atoms with E-state index in [2.05, 4.69) is 0 Å². The molecule has 2 heterocycles. The molecule has 122 valence electrons. The zero-order chi connectivity index (χ0) is 16.6. The molecule has 0 spiro atoms. The van der Waals surface area contributed by atoms with Gasteiger partial charge < -0.3 is 15.1 Å². The molecule has 1 aliphatic heterocycles. The van der Waals surface area contributed by atoms with Crippen LogP contribution in [0.25, 0.3) is 11.0 Å². The van der Waals surface area contributed by atoms with Crippen LogP contribution in [-0.2, 0) is 16.0 Å². The van der Waals surface area contributed by atoms with Crippen molar-refractivity contribution in [3.8, 4) is 0 Å². The molecule has 1 aromatic heterocycles. The Bertz CT molecular complexity index is 750. The predicted octanol–water partition coefficient (Wildman–Crippen LogP) is 2.40. The number of carbonyl (C=O) groups is 2. The molecular formula is C18H22N2O3. The molecule has 23 heavy (non-hydrogen) atoms. The van der Waals surface area contributed by atoms with Crippen LogP contribution in [0.5, 0.6) is 0 Å². The highest BCUT2D eigenvalue weighted by Crippen LogP contribution is 2.26. The van der Waals surface area contributed by atoms with Gasteiger partial charge in [-0.05, 0) is 38.3 Å². The van der Waals surface area contributed by atoms with Gasteiger partial charge in [-0.2, -0.15) is 0 Å². The van der Waals surface area contributed by atoms with E-state index >= 15 is 0 Å². The van der Waals surface area contributed by atoms with Gasteiger partial charge in [-0.15, -0.1) is 0 Å². The molecule has 3 rings (SSSR count). The van der Waals surface area contributed by atoms with Crippen LogP contribution in [0.3, 0.4) is 0 Å². The summed E-state index contributed by atoms with van der Waals surface area (Å²) in [5.41, 5.74) is 8.22. The van der Waals surface area contributed by atoms with Crippen molar-refractivity contribution in [3.05, 3.63) is 35.6 Å². The third kappa shape index (κ3) is 3.09. The Morgan fingerprint density at radius 3 is 2.87 bits per heavy atom. The van der Waals surface area contributed by atoms with Gasteiger partial charge in [0, 0.05) is 23.5 Å². The van der Waals surface area contributed by atoms with E-state index in [0.29, 0.717) is 6.54 Å². The van der Waals surface area contributed by atoms with Crippen molar-refractivity contribution >= 4 is 22.8 Å². The first-order chi connectivity index (χ1) is 11.0. The molecule has 0 unspecified atom stereocenters. The minimum atomic E-state index is -0.320. The average molecular weight is 314 g/mol. The lowest BCUT2D eigenvalue weighted by Gasteiger charge is -2.37. The summed E-state index contributed by atoms with van der Waals surface area (Å²) in [5.74, 6) is -0.537. The van der Waals surface area contributed by atoms with Crippen molar-refractivity contribution in [2.24, 2.45) is 11.7 Å². The molecule has 0 aliphatic carbocycles. The number of furan rings is 1. The summed E-state index contributed by atoms with van der Waals surface area (Å²) < 4.78 is 5.56. The molecule has 0 radical (unpaired) electrons. The molecule has 1 fully saturated rings. The van der Waals surface area contributed by atoms with Crippen molar-refractivity contribution in [1.29, 1.82) is 0 Å². The van der Waals surface area contributed by atoms with E-state index in [1.807, 2.05) is 32.0 Å². The highest BCUT2D eigenvalue weighted by Gasteiger charge is 2.31. The Morgan fingerprint density at radius 2 is 2.13 bits per heavy atom. The second-order valence-electron chi connectivity index (χ2n) is 6.51. The summed E-state index contributed by atoms with van der Waals surface area (Å²) in [7, 11) is 0. The maximum atomic E-state index is 12.7. The number of piperidine rings is 1. The van der Waals surface area contributed by atoms with Crippen LogP contribution < -0.4 is 5.73 Å². The summed E-state index contributed by atoms with van der Waals surface area (Å²) in [4.78, 5) is 25.9. The lowest BCUT2D eigenvalue weighted by molar-refractivity contribution is -0.136. The second-order valence-corrected chi connectivity index (χ2v) is 6.51. The van der Waals surface area contributed by atoms with E-state index in [4.69, 9.17) is 10.2 Å². The quantitative estimate of drug-likeness (QED) is 0.945. The Labute approximate surface area is 135 Å². The van der Waals surface area contributed by atoms with Gasteiger partial charge in [0.25, 0.3) is 0 Å². The molecule has 1 saturated heterocycles. The van der Waals surface area contributed by atoms with Crippen LogP contribution in [0.1, 0.15) is 30.9 Å². The molecule has 5 heteroatoms. The van der Waals surface area contributed by atoms with E-state index in [1.54, 1.807) is 11.2 Å². The monoisotopic (exact) mass is 314 g/mol. The fourth-order valence-corrected chi connectivity index (χ4v) is 3.28. The van der Waals surface area contributed by atoms with Gasteiger partial charge in [0.05, 0.1) is 18.6 Å². The standard InChI is InChI=1S/C18H22N2O3/c1-11-3-6-15-14(10-23-16(15)7-11)8-17(21)20-9-13(18(19)22)5-4-12(20)2/h3,6-7,10,12-13H,4-5,8-9H2,1-2H3,(H2,19,22)/t12-,13-/m1/s1. The third-order valence-electron chi connectivity index (χ3n) is 4.76. The summed E-state index contributed by atoms with van der Waals surface area (Å²) in [6, 6.07) is 6.11. The van der Waals surface area contributed by atoms with Crippen LogP contribution >= 0.6 is 0 Å². The minimum absolute atomic E-state index is 0.0201. The average Bonchev–Trinajstić information content (AvgIpc) is 2.89. The Kier molecular flexibility index (Phi) is 4.11. The molecule has 1 aliphatic rings. The molecule has 2 amide bonds. The number of aryl methyl sites for hydroxylation is 1. The van der Waals surface area contributed by atoms with E-state index in [0.717, 1.165) is 34.9 Å². The normalized spacial score (nSPS) is 21.6. The van der Waals surface area contributed by atoms with Gasteiger partial charge in [-0.1, -0.05) is 12.1 Å². The van der Waals surface area contributed by atoms with Crippen molar-refractivity contribution in [3.63, 3.8) is 0 Å². The van der Waals surface area contributed by atoms with Crippen molar-refractivity contribution in [2.45, 2.75) is 39.2 Å². The molecule has 0 saturated carbocycles. The van der Waals surface area contributed by atoms with Crippen LogP contribution in [0.4, 0.5) is 0 Å². The number of nitrogens with two attached hydrogens (primary N) is 1. The molecule has 1 aromatic carbocycles. The minimum Gasteiger partial charge on any atom is -0.464 e. The summed E-state index contributed by atoms with van der Waals surface area (Å²) >= 11 is 0. The number of hydrogen-bond acceptors (Lipinski definition) is 3. The fourth-order valence-electron chi connectivity index (χ4n) is 3.28. The highest BCUT2D eigenvalue weighted by atomic mass is 16.3. The number of benzene rings is 1. The van der Waals surface area contributed by atoms with Gasteiger partial charge in [-0.25, -0.2) is 0 Å². The summed E-state index contributed by atoms with van der Waals surface area (Å²) in [5, 5.41) is 0.972. The molecule has 2 aromatic rings. The van der Waals surface area contributed by atoms with E-state index in [-0.39, 0.29) is 30.2 Å². The summed E-state index contributed by atoms with van der Waals surface area (Å²) in [6.07, 6.45) is 3.51. The van der Waals surface area contributed by atoms with Crippen LogP contribution in [0.15, 0.2) is 28.9 Å². The smallest absolute Gasteiger partial charge is 0.227 e. The SMILES string of the molecule is Cc1ccc2c(CC(=O)N3C[C@H](C(N)=O)CC[C@H]3C)coc2c1. The first kappa shape index (κ1) is 15.6. The molecular weight excluding hydrogens is 292 g/mol. The fraction of sp³-hybridized carbons (Fsp3) is 0.444. The molecule has 2 N–H and O–H groups in total. The van der Waals surface area contributed by atoms with Gasteiger partial charge in [0.1, 0.15) is 5.58 Å². The maximum Gasteiger partial charge on any atom is 0.227 e. The molecule has 5 nitrogen and oxygen atoms in total. The second kappa shape index (κ2) is 6.07. The first-order valence-electron chi connectivity index (χ1n) is 8.01. The van der Waals surface area contributed by atoms with E-state index in [9.17, 15) is 9.59 Å². The van der Waals surface area contributed by atoms with Crippen LogP contribution in [0, 0.1) is 12.8 Å². The number of rotatable bonds is 3. The lowest BCUT2D eigenvalue weighted by Crippen LogP contribution is -2.49. The van der Waals surface area contributed by atoms with Crippen molar-refractivity contribution < 1.29 is 14.0 Å². The highest BCUT2D eigenvalue weighted by molar-refractivity contribution is 5.88. The topological polar surface area (TPSA) is 76.5 Å². The van der Waals surface area contributed by atoms with Gasteiger partial charge >= 0.3 is 0 Å². The van der Waals surface area contributed by atoms with Crippen LogP contribution in [-0.4, -0.2) is 29.3 Å². The number of carbonyl (C=O) groups excluding carboxylic acids is 2. The third-order valence-corrected chi connectivity index (χ3v) is 4.76. The first-order valence-corrected chi connectivity index (χ1v) is 8.01. The number of likely N-dealkylation sites (tertiary alicyclic amines) is 1. The van der Waals surface area contributed by atoms with E-state index in [1.165, 1.54) is 0 Å². The van der Waals surface area contributed by atoms with Gasteiger partial charge in [0.2, 0.25) is 11.8 Å². The summed E-state index contributed by atoms with van der Waals surface area (Å²) in [6.45, 7) is 4.45. The maximum absolute atomic E-state index is 12.7. The zero-order valence-electron chi connectivity index (χ0n) is 13.5. The van der Waals surface area contributed by atoms with Crippen molar-refractivity contribution in [1.82, 2.24) is 4.90 Å². The number of nitrogens with zero attached hydrogens (tertiary/aromatic N) is 1. The Balaban J connectivity index is 1.78. The number of amides is 2. The number of fused-ring (bicyclic) bond motifs is 1. The van der Waals surface area contributed by atoms with Crippen LogP contribution in [0.2, 0.25) is 0 Å². The largest absolute Gasteiger partial charge is 0.464 e. The van der Waals surface area contributed by atoms with E-state index < -0.39 is 0 Å². The molecule has 0 bridgehead atoms. The lowest BCUT2D eigenvalue weighted by atomic mass is 9.92. The molecule has 2 atom stereocenters. The predicted molar refractivity (Wildman–Crippen MR) is 87.7 cm³/mol. The number of primary amides is 1.